The van der Waals surface area contributed by atoms with Crippen molar-refractivity contribution in [1.82, 2.24) is 15.2 Å². The van der Waals surface area contributed by atoms with Crippen LogP contribution < -0.4 is 11.5 Å². The van der Waals surface area contributed by atoms with Gasteiger partial charge < -0.3 is 11.5 Å². The molecule has 0 radical (unpaired) electrons. The van der Waals surface area contributed by atoms with Gasteiger partial charge >= 0.3 is 0 Å². The molecule has 0 unspecified atom stereocenters. The third-order valence-corrected chi connectivity index (χ3v) is 3.54. The van der Waals surface area contributed by atoms with Crippen LogP contribution in [-0.2, 0) is 6.42 Å². The van der Waals surface area contributed by atoms with Crippen LogP contribution in [0.3, 0.4) is 0 Å². The van der Waals surface area contributed by atoms with E-state index in [-0.39, 0.29) is 6.04 Å². The van der Waals surface area contributed by atoms with Crippen molar-refractivity contribution in [3.05, 3.63) is 53.9 Å². The van der Waals surface area contributed by atoms with Crippen molar-refractivity contribution in [3.8, 4) is 0 Å². The second-order valence-electron chi connectivity index (χ2n) is 5.01. The number of nitrogen functional groups attached to an aromatic ring is 1. The van der Waals surface area contributed by atoms with E-state index in [0.29, 0.717) is 12.2 Å². The van der Waals surface area contributed by atoms with Crippen molar-refractivity contribution in [2.75, 3.05) is 5.73 Å². The summed E-state index contributed by atoms with van der Waals surface area (Å²) in [7, 11) is 0. The molecule has 102 valence electrons. The van der Waals surface area contributed by atoms with Crippen LogP contribution in [0.4, 0.5) is 5.82 Å². The number of nitrogens with two attached hydrogens (primary N) is 2. The molecule has 0 saturated carbocycles. The molecule has 0 aliphatic heterocycles. The topological polar surface area (TPSA) is 93.6 Å². The Morgan fingerprint density at radius 3 is 3.15 bits per heavy atom. The summed E-state index contributed by atoms with van der Waals surface area (Å²) >= 11 is 0. The quantitative estimate of drug-likeness (QED) is 0.774. The van der Waals surface area contributed by atoms with Gasteiger partial charge in [-0.05, 0) is 23.6 Å². The highest BCUT2D eigenvalue weighted by molar-refractivity contribution is 5.89. The minimum Gasteiger partial charge on any atom is -0.382 e. The Kier molecular flexibility index (Phi) is 3.12. The van der Waals surface area contributed by atoms with Gasteiger partial charge in [0.2, 0.25) is 0 Å². The first-order valence-corrected chi connectivity index (χ1v) is 6.53. The second kappa shape index (κ2) is 4.94. The van der Waals surface area contributed by atoms with E-state index in [1.807, 2.05) is 18.2 Å². The summed E-state index contributed by atoms with van der Waals surface area (Å²) in [4.78, 5) is 4.43. The van der Waals surface area contributed by atoms with Crippen molar-refractivity contribution < 1.29 is 0 Å². The van der Waals surface area contributed by atoms with E-state index in [4.69, 9.17) is 11.5 Å². The second-order valence-corrected chi connectivity index (χ2v) is 5.01. The first-order valence-electron chi connectivity index (χ1n) is 6.53. The monoisotopic (exact) mass is 267 g/mol. The van der Waals surface area contributed by atoms with Crippen molar-refractivity contribution in [1.29, 1.82) is 0 Å². The molecule has 0 amide bonds. The predicted octanol–water partition coefficient (Wildman–Crippen LogP) is 1.85. The largest absolute Gasteiger partial charge is 0.382 e. The molecule has 1 aliphatic carbocycles. The fourth-order valence-electron chi connectivity index (χ4n) is 2.43. The van der Waals surface area contributed by atoms with E-state index in [2.05, 4.69) is 27.8 Å². The summed E-state index contributed by atoms with van der Waals surface area (Å²) in [6.07, 6.45) is 9.24. The highest BCUT2D eigenvalue weighted by Crippen LogP contribution is 2.25. The van der Waals surface area contributed by atoms with Crippen LogP contribution in [0.25, 0.3) is 10.9 Å². The molecule has 2 aromatic rings. The first-order chi connectivity index (χ1) is 9.65. The Hall–Kier alpha value is -2.40. The molecule has 0 aromatic carbocycles. The van der Waals surface area contributed by atoms with E-state index in [1.54, 1.807) is 6.20 Å². The number of rotatable bonds is 2. The van der Waals surface area contributed by atoms with E-state index in [1.165, 1.54) is 0 Å². The van der Waals surface area contributed by atoms with Gasteiger partial charge in [-0.25, -0.2) is 0 Å². The fourth-order valence-corrected chi connectivity index (χ4v) is 2.43. The van der Waals surface area contributed by atoms with Crippen molar-refractivity contribution in [2.45, 2.75) is 18.9 Å². The lowest BCUT2D eigenvalue weighted by Crippen LogP contribution is -2.16. The number of H-pyrrole nitrogens is 1. The predicted molar refractivity (Wildman–Crippen MR) is 81.0 cm³/mol. The van der Waals surface area contributed by atoms with Crippen LogP contribution in [0.1, 0.15) is 12.1 Å². The van der Waals surface area contributed by atoms with Crippen LogP contribution in [0.5, 0.6) is 0 Å². The maximum atomic E-state index is 5.95. The molecule has 0 saturated heterocycles. The van der Waals surface area contributed by atoms with Gasteiger partial charge in [0.15, 0.2) is 5.82 Å². The Balaban J connectivity index is 1.95. The fraction of sp³-hybridized carbons (Fsp3) is 0.200. The number of nitrogens with zero attached hydrogens (tertiary/aromatic N) is 2. The molecular weight excluding hydrogens is 250 g/mol. The van der Waals surface area contributed by atoms with Gasteiger partial charge in [-0.3, -0.25) is 10.1 Å². The molecule has 5 heteroatoms. The summed E-state index contributed by atoms with van der Waals surface area (Å²) in [6, 6.07) is 1.90. The van der Waals surface area contributed by atoms with Crippen LogP contribution in [0, 0.1) is 0 Å². The number of aromatic amines is 1. The lowest BCUT2D eigenvalue weighted by Gasteiger charge is -2.11. The van der Waals surface area contributed by atoms with E-state index in [0.717, 1.165) is 34.2 Å². The SMILES string of the molecule is C=C1C[C@H](N)C=CC=C1Cc1nccc2c(N)n[nH]c12. The molecule has 2 aromatic heterocycles. The van der Waals surface area contributed by atoms with Gasteiger partial charge in [0.1, 0.15) is 0 Å². The third kappa shape index (κ3) is 2.23. The highest BCUT2D eigenvalue weighted by atomic mass is 15.2. The number of hydrogen-bond acceptors (Lipinski definition) is 4. The van der Waals surface area contributed by atoms with Gasteiger partial charge in [0.05, 0.1) is 11.2 Å². The molecule has 0 bridgehead atoms. The first kappa shape index (κ1) is 12.6. The van der Waals surface area contributed by atoms with Crippen molar-refractivity contribution >= 4 is 16.7 Å². The molecule has 0 spiro atoms. The Bertz CT molecular complexity index is 723. The summed E-state index contributed by atoms with van der Waals surface area (Å²) in [5.74, 6) is 0.499. The van der Waals surface area contributed by atoms with E-state index >= 15 is 0 Å². The zero-order valence-corrected chi connectivity index (χ0v) is 11.1. The summed E-state index contributed by atoms with van der Waals surface area (Å²) in [5, 5.41) is 7.89. The molecule has 3 rings (SSSR count). The van der Waals surface area contributed by atoms with Crippen LogP contribution in [0.15, 0.2) is 48.2 Å². The molecular formula is C15H17N5. The molecule has 5 nitrogen and oxygen atoms in total. The Morgan fingerprint density at radius 1 is 1.45 bits per heavy atom. The molecule has 20 heavy (non-hydrogen) atoms. The minimum atomic E-state index is 0.0304. The smallest absolute Gasteiger partial charge is 0.153 e. The lowest BCUT2D eigenvalue weighted by atomic mass is 9.97. The van der Waals surface area contributed by atoms with Crippen molar-refractivity contribution in [2.24, 2.45) is 5.73 Å². The van der Waals surface area contributed by atoms with E-state index < -0.39 is 0 Å². The van der Waals surface area contributed by atoms with Gasteiger partial charge in [-0.1, -0.05) is 24.8 Å². The van der Waals surface area contributed by atoms with Crippen molar-refractivity contribution in [3.63, 3.8) is 0 Å². The number of fused-ring (bicyclic) bond motifs is 1. The summed E-state index contributed by atoms with van der Waals surface area (Å²) in [5.41, 5.74) is 15.8. The third-order valence-electron chi connectivity index (χ3n) is 3.54. The molecule has 1 atom stereocenters. The number of pyridine rings is 1. The van der Waals surface area contributed by atoms with Gasteiger partial charge in [0, 0.05) is 24.0 Å². The average Bonchev–Trinajstić information content (AvgIpc) is 2.72. The van der Waals surface area contributed by atoms with E-state index in [9.17, 15) is 0 Å². The normalized spacial score (nSPS) is 19.1. The number of nitrogens with one attached hydrogen (secondary N) is 1. The zero-order chi connectivity index (χ0) is 14.1. The lowest BCUT2D eigenvalue weighted by molar-refractivity contribution is 0.807. The minimum absolute atomic E-state index is 0.0304. The van der Waals surface area contributed by atoms with Gasteiger partial charge in [0.25, 0.3) is 0 Å². The highest BCUT2D eigenvalue weighted by Gasteiger charge is 2.14. The van der Waals surface area contributed by atoms with Crippen LogP contribution in [0.2, 0.25) is 0 Å². The van der Waals surface area contributed by atoms with Gasteiger partial charge in [-0.15, -0.1) is 0 Å². The van der Waals surface area contributed by atoms with Crippen LogP contribution in [-0.4, -0.2) is 21.2 Å². The Labute approximate surface area is 117 Å². The number of hydrogen-bond donors (Lipinski definition) is 3. The number of allylic oxidation sites excluding steroid dienone is 3. The summed E-state index contributed by atoms with van der Waals surface area (Å²) in [6.45, 7) is 4.12. The number of anilines is 1. The average molecular weight is 267 g/mol. The molecule has 5 N–H and O–H groups in total. The maximum absolute atomic E-state index is 5.95. The number of aromatic nitrogens is 3. The molecule has 1 aliphatic rings. The summed E-state index contributed by atoms with van der Waals surface area (Å²) < 4.78 is 0. The molecule has 0 fully saturated rings. The Morgan fingerprint density at radius 2 is 2.30 bits per heavy atom. The van der Waals surface area contributed by atoms with Crippen LogP contribution >= 0.6 is 0 Å². The standard InChI is InChI=1S/C15H17N5/c1-9-7-11(16)4-2-3-10(9)8-13-14-12(5-6-18-13)15(17)20-19-14/h2-6,11H,1,7-8,16H2,(H3,17,19,20)/t11-/m1/s1. The maximum Gasteiger partial charge on any atom is 0.153 e. The van der Waals surface area contributed by atoms with Gasteiger partial charge in [-0.2, -0.15) is 5.10 Å². The molecule has 2 heterocycles. The zero-order valence-electron chi connectivity index (χ0n) is 11.1.